The molecule has 6 rings (SSSR count). The van der Waals surface area contributed by atoms with E-state index < -0.39 is 15.9 Å². The number of halogens is 1. The highest BCUT2D eigenvalue weighted by molar-refractivity contribution is 7.90. The molecule has 1 spiro atoms. The van der Waals surface area contributed by atoms with Crippen LogP contribution in [0.25, 0.3) is 0 Å². The lowest BCUT2D eigenvalue weighted by atomic mass is 9.69. The lowest BCUT2D eigenvalue weighted by Gasteiger charge is -2.44. The number of ether oxygens (including phenoxy) is 1. The number of rotatable bonds is 0. The highest BCUT2D eigenvalue weighted by Gasteiger charge is 2.43. The Kier molecular flexibility index (Phi) is 6.93. The molecule has 1 saturated carbocycles. The van der Waals surface area contributed by atoms with Crippen molar-refractivity contribution in [2.75, 3.05) is 30.3 Å². The summed E-state index contributed by atoms with van der Waals surface area (Å²) < 4.78 is 33.9. The number of carbonyl (C=O) groups is 1. The van der Waals surface area contributed by atoms with E-state index in [1.807, 2.05) is 18.2 Å². The van der Waals surface area contributed by atoms with Gasteiger partial charge in [-0.2, -0.15) is 0 Å². The van der Waals surface area contributed by atoms with Gasteiger partial charge < -0.3 is 9.64 Å². The number of nitrogens with zero attached hydrogens (tertiary/aromatic N) is 1. The summed E-state index contributed by atoms with van der Waals surface area (Å²) in [6, 6.07) is 11.6. The molecule has 3 atom stereocenters. The fraction of sp³-hybridized carbons (Fsp3) is 0.500. The van der Waals surface area contributed by atoms with Crippen molar-refractivity contribution in [3.05, 3.63) is 70.3 Å². The van der Waals surface area contributed by atoms with E-state index >= 15 is 0 Å². The second-order valence-electron chi connectivity index (χ2n) is 11.5. The highest BCUT2D eigenvalue weighted by Crippen LogP contribution is 2.46. The van der Waals surface area contributed by atoms with Gasteiger partial charge in [-0.15, -0.1) is 0 Å². The Labute approximate surface area is 230 Å². The van der Waals surface area contributed by atoms with Crippen LogP contribution >= 0.6 is 11.6 Å². The van der Waals surface area contributed by atoms with Crippen molar-refractivity contribution in [1.82, 2.24) is 4.72 Å². The molecule has 2 aromatic carbocycles. The first kappa shape index (κ1) is 25.8. The summed E-state index contributed by atoms with van der Waals surface area (Å²) in [7, 11) is -3.70. The third kappa shape index (κ3) is 5.07. The summed E-state index contributed by atoms with van der Waals surface area (Å²) in [6.07, 6.45) is 12.2. The molecular weight excluding hydrogens is 520 g/mol. The van der Waals surface area contributed by atoms with Crippen LogP contribution in [0, 0.1) is 11.8 Å². The van der Waals surface area contributed by atoms with Crippen molar-refractivity contribution in [3.63, 3.8) is 0 Å². The number of hydrogen-bond acceptors (Lipinski definition) is 5. The first-order valence-corrected chi connectivity index (χ1v) is 15.9. The summed E-state index contributed by atoms with van der Waals surface area (Å²) in [5.74, 6) is 1.17. The molecule has 0 unspecified atom stereocenters. The summed E-state index contributed by atoms with van der Waals surface area (Å²) in [4.78, 5) is 15.5. The lowest BCUT2D eigenvalue weighted by molar-refractivity contribution is 0.0981. The van der Waals surface area contributed by atoms with Gasteiger partial charge in [-0.1, -0.05) is 29.8 Å². The number of fused-ring (bicyclic) bond motifs is 4. The Hall–Kier alpha value is -2.51. The minimum Gasteiger partial charge on any atom is -0.490 e. The summed E-state index contributed by atoms with van der Waals surface area (Å²) in [5, 5.41) is 0.762. The standard InChI is InChI=1S/C30H35ClN2O4S/c31-25-11-12-26-22(16-25)7-5-14-30(26)19-33-18-24-9-8-21(24)6-3-1-2-4-15-38(35,36)32-29(34)23-10-13-28(37-20-30)27(33)17-23/h3,6,10-13,16-17,21,24H,1-2,4-5,7-9,14-15,18-20H2,(H,32,34)/b6-3-/t21-,24+,30+/m1/s1. The number of amides is 1. The number of carbonyl (C=O) groups excluding carboxylic acids is 1. The minimum absolute atomic E-state index is 0.0508. The van der Waals surface area contributed by atoms with E-state index in [1.165, 1.54) is 24.0 Å². The summed E-state index contributed by atoms with van der Waals surface area (Å²) >= 11 is 6.37. The highest BCUT2D eigenvalue weighted by atomic mass is 35.5. The molecule has 2 aromatic rings. The van der Waals surface area contributed by atoms with Crippen LogP contribution in [-0.4, -0.2) is 39.8 Å². The third-order valence-electron chi connectivity index (χ3n) is 8.90. The van der Waals surface area contributed by atoms with Gasteiger partial charge in [0, 0.05) is 29.1 Å². The topological polar surface area (TPSA) is 75.7 Å². The zero-order valence-electron chi connectivity index (χ0n) is 21.6. The van der Waals surface area contributed by atoms with Gasteiger partial charge in [-0.05, 0) is 105 Å². The lowest BCUT2D eigenvalue weighted by Crippen LogP contribution is -2.48. The molecule has 4 aliphatic rings. The molecule has 8 heteroatoms. The van der Waals surface area contributed by atoms with Gasteiger partial charge in [0.15, 0.2) is 0 Å². The van der Waals surface area contributed by atoms with Gasteiger partial charge >= 0.3 is 0 Å². The Bertz CT molecular complexity index is 1370. The van der Waals surface area contributed by atoms with E-state index in [9.17, 15) is 13.2 Å². The maximum Gasteiger partial charge on any atom is 0.264 e. The van der Waals surface area contributed by atoms with Crippen molar-refractivity contribution in [2.45, 2.75) is 56.8 Å². The van der Waals surface area contributed by atoms with E-state index in [0.29, 0.717) is 30.4 Å². The zero-order valence-corrected chi connectivity index (χ0v) is 23.2. The molecule has 6 nitrogen and oxygen atoms in total. The molecule has 38 heavy (non-hydrogen) atoms. The van der Waals surface area contributed by atoms with Crippen LogP contribution in [0.2, 0.25) is 5.02 Å². The van der Waals surface area contributed by atoms with Crippen LogP contribution in [-0.2, 0) is 21.9 Å². The van der Waals surface area contributed by atoms with E-state index in [0.717, 1.165) is 61.7 Å². The maximum atomic E-state index is 13.0. The molecule has 0 saturated heterocycles. The average molecular weight is 555 g/mol. The molecule has 202 valence electrons. The number of anilines is 1. The number of hydrogen-bond donors (Lipinski definition) is 1. The van der Waals surface area contributed by atoms with Crippen molar-refractivity contribution in [3.8, 4) is 5.75 Å². The number of sulfonamides is 1. The molecule has 0 aromatic heterocycles. The fourth-order valence-corrected chi connectivity index (χ4v) is 7.97. The van der Waals surface area contributed by atoms with E-state index in [4.69, 9.17) is 16.3 Å². The number of nitrogens with one attached hydrogen (secondary N) is 1. The quantitative estimate of drug-likeness (QED) is 0.427. The second-order valence-corrected chi connectivity index (χ2v) is 13.7. The Morgan fingerprint density at radius 3 is 2.82 bits per heavy atom. The monoisotopic (exact) mass is 554 g/mol. The molecule has 2 aliphatic carbocycles. The maximum absolute atomic E-state index is 13.0. The molecule has 1 amide bonds. The molecule has 0 radical (unpaired) electrons. The SMILES string of the molecule is O=C1NS(=O)(=O)CCCC/C=C\[C@@H]2CC[C@H]2CN2C[C@@]3(CCCc4cc(Cl)ccc43)COc3ccc1cc32. The first-order chi connectivity index (χ1) is 18.3. The van der Waals surface area contributed by atoms with Crippen molar-refractivity contribution in [2.24, 2.45) is 11.8 Å². The summed E-state index contributed by atoms with van der Waals surface area (Å²) in [5.41, 5.74) is 3.63. The normalized spacial score (nSPS) is 29.6. The molecular formula is C30H35ClN2O4S. The Morgan fingerprint density at radius 2 is 1.97 bits per heavy atom. The molecule has 2 heterocycles. The molecule has 2 bridgehead atoms. The fourth-order valence-electron chi connectivity index (χ4n) is 6.69. The molecule has 1 fully saturated rings. The second kappa shape index (κ2) is 10.2. The van der Waals surface area contributed by atoms with Gasteiger partial charge in [-0.25, -0.2) is 13.1 Å². The van der Waals surface area contributed by atoms with Crippen LogP contribution in [0.3, 0.4) is 0 Å². The number of allylic oxidation sites excluding steroid dienone is 2. The van der Waals surface area contributed by atoms with Gasteiger partial charge in [0.1, 0.15) is 5.75 Å². The van der Waals surface area contributed by atoms with Crippen molar-refractivity contribution >= 4 is 33.2 Å². The smallest absolute Gasteiger partial charge is 0.264 e. The minimum atomic E-state index is -3.70. The number of benzene rings is 2. The van der Waals surface area contributed by atoms with Crippen molar-refractivity contribution < 1.29 is 17.9 Å². The van der Waals surface area contributed by atoms with Gasteiger partial charge in [-0.3, -0.25) is 4.79 Å². The Morgan fingerprint density at radius 1 is 1.08 bits per heavy atom. The van der Waals surface area contributed by atoms with Gasteiger partial charge in [0.05, 0.1) is 18.0 Å². The van der Waals surface area contributed by atoms with Gasteiger partial charge in [0.2, 0.25) is 10.0 Å². The average Bonchev–Trinajstić information content (AvgIpc) is 3.02. The van der Waals surface area contributed by atoms with Crippen LogP contribution in [0.5, 0.6) is 5.75 Å². The molecule has 1 N–H and O–H groups in total. The first-order valence-electron chi connectivity index (χ1n) is 13.8. The van der Waals surface area contributed by atoms with E-state index in [-0.39, 0.29) is 11.2 Å². The van der Waals surface area contributed by atoms with Gasteiger partial charge in [0.25, 0.3) is 5.91 Å². The predicted octanol–water partition coefficient (Wildman–Crippen LogP) is 5.64. The van der Waals surface area contributed by atoms with E-state index in [2.05, 4.69) is 33.9 Å². The van der Waals surface area contributed by atoms with Crippen molar-refractivity contribution in [1.29, 1.82) is 0 Å². The number of aryl methyl sites for hydroxylation is 1. The predicted molar refractivity (Wildman–Crippen MR) is 151 cm³/mol. The Balaban J connectivity index is 1.41. The molecule has 2 aliphatic heterocycles. The van der Waals surface area contributed by atoms with Crippen LogP contribution < -0.4 is 14.4 Å². The van der Waals surface area contributed by atoms with Crippen LogP contribution in [0.4, 0.5) is 5.69 Å². The summed E-state index contributed by atoms with van der Waals surface area (Å²) in [6.45, 7) is 2.21. The zero-order chi connectivity index (χ0) is 26.3. The third-order valence-corrected chi connectivity index (χ3v) is 10.5. The van der Waals surface area contributed by atoms with E-state index in [1.54, 1.807) is 6.07 Å². The van der Waals surface area contributed by atoms with Crippen LogP contribution in [0.15, 0.2) is 48.6 Å². The largest absolute Gasteiger partial charge is 0.490 e. The van der Waals surface area contributed by atoms with Crippen LogP contribution in [0.1, 0.15) is 66.4 Å².